The van der Waals surface area contributed by atoms with Crippen molar-refractivity contribution in [2.24, 2.45) is 0 Å². The first-order valence-electron chi connectivity index (χ1n) is 13.3. The van der Waals surface area contributed by atoms with E-state index in [0.29, 0.717) is 29.5 Å². The molecule has 3 aromatic carbocycles. The van der Waals surface area contributed by atoms with Crippen LogP contribution in [0.25, 0.3) is 27.4 Å². The first-order valence-corrected chi connectivity index (χ1v) is 13.3. The van der Waals surface area contributed by atoms with E-state index in [1.54, 1.807) is 11.5 Å². The number of hydrogen-bond acceptors (Lipinski definition) is 6. The van der Waals surface area contributed by atoms with Gasteiger partial charge in [-0.3, -0.25) is 9.59 Å². The largest absolute Gasteiger partial charge is 0.451 e. The second kappa shape index (κ2) is 9.98. The van der Waals surface area contributed by atoms with Crippen molar-refractivity contribution in [3.8, 4) is 17.2 Å². The minimum absolute atomic E-state index is 0.0482. The van der Waals surface area contributed by atoms with Gasteiger partial charge in [-0.25, -0.2) is 4.39 Å². The second-order valence-electron chi connectivity index (χ2n) is 10.5. The number of anilines is 1. The van der Waals surface area contributed by atoms with Gasteiger partial charge in [0.15, 0.2) is 17.3 Å². The summed E-state index contributed by atoms with van der Waals surface area (Å²) >= 11 is 0. The molecule has 202 valence electrons. The van der Waals surface area contributed by atoms with Crippen LogP contribution >= 0.6 is 0 Å². The molecule has 1 fully saturated rings. The normalized spacial score (nSPS) is 17.2. The molecular weight excluding hydrogens is 499 g/mol. The molecular formula is C30H31FN4O4. The van der Waals surface area contributed by atoms with Crippen molar-refractivity contribution in [2.45, 2.75) is 38.3 Å². The summed E-state index contributed by atoms with van der Waals surface area (Å²) in [4.78, 5) is 29.1. The summed E-state index contributed by atoms with van der Waals surface area (Å²) in [6, 6.07) is 13.1. The predicted molar refractivity (Wildman–Crippen MR) is 150 cm³/mol. The summed E-state index contributed by atoms with van der Waals surface area (Å²) in [6.07, 6.45) is 3.82. The van der Waals surface area contributed by atoms with E-state index in [1.165, 1.54) is 6.20 Å². The number of rotatable bonds is 7. The standard InChI is InChI=1S/C30H31FN4O4/c1-17(36)15-33-26-23(31)14-21-27-29(26)39-25-13-19-7-4-3-6-18(19)12-24(25)35(27)16-22(28(21)37)30(38)32-10-9-20-8-5-11-34(20)2/h3-4,6-7,12-14,16-17,20,33,36H,5,8-11,15H2,1-2H3,(H,32,38)/t17-,20?/m0/s1. The molecule has 0 bridgehead atoms. The molecule has 0 radical (unpaired) electrons. The van der Waals surface area contributed by atoms with Crippen LogP contribution in [0.15, 0.2) is 53.5 Å². The maximum atomic E-state index is 15.4. The van der Waals surface area contributed by atoms with Gasteiger partial charge in [0.05, 0.1) is 17.2 Å². The molecule has 6 rings (SSSR count). The lowest BCUT2D eigenvalue weighted by Crippen LogP contribution is -2.34. The highest BCUT2D eigenvalue weighted by atomic mass is 19.1. The average Bonchev–Trinajstić information content (AvgIpc) is 3.32. The predicted octanol–water partition coefficient (Wildman–Crippen LogP) is 4.40. The van der Waals surface area contributed by atoms with Crippen LogP contribution in [0.5, 0.6) is 11.5 Å². The smallest absolute Gasteiger partial charge is 0.256 e. The third-order valence-electron chi connectivity index (χ3n) is 7.75. The molecule has 0 aliphatic carbocycles. The van der Waals surface area contributed by atoms with Gasteiger partial charge < -0.3 is 29.9 Å². The van der Waals surface area contributed by atoms with Crippen LogP contribution in [0.3, 0.4) is 0 Å². The lowest BCUT2D eigenvalue weighted by atomic mass is 10.0. The molecule has 1 unspecified atom stereocenters. The highest BCUT2D eigenvalue weighted by Gasteiger charge is 2.29. The fourth-order valence-electron chi connectivity index (χ4n) is 5.67. The Morgan fingerprint density at radius 3 is 2.72 bits per heavy atom. The number of amides is 1. The summed E-state index contributed by atoms with van der Waals surface area (Å²) in [5.74, 6) is -0.583. The van der Waals surface area contributed by atoms with Crippen LogP contribution in [0, 0.1) is 5.82 Å². The van der Waals surface area contributed by atoms with Crippen LogP contribution in [0.1, 0.15) is 36.5 Å². The Morgan fingerprint density at radius 2 is 2.00 bits per heavy atom. The molecule has 9 heteroatoms. The summed E-state index contributed by atoms with van der Waals surface area (Å²) < 4.78 is 23.4. The topological polar surface area (TPSA) is 95.8 Å². The van der Waals surface area contributed by atoms with Gasteiger partial charge >= 0.3 is 0 Å². The summed E-state index contributed by atoms with van der Waals surface area (Å²) in [5.41, 5.74) is 0.431. The molecule has 2 atom stereocenters. The van der Waals surface area contributed by atoms with Crippen molar-refractivity contribution in [2.75, 3.05) is 32.0 Å². The Kier molecular flexibility index (Phi) is 6.48. The number of hydrogen-bond donors (Lipinski definition) is 3. The minimum Gasteiger partial charge on any atom is -0.451 e. The number of halogens is 1. The van der Waals surface area contributed by atoms with Crippen LogP contribution < -0.4 is 20.8 Å². The Bertz CT molecular complexity index is 1670. The van der Waals surface area contributed by atoms with Crippen molar-refractivity contribution in [3.63, 3.8) is 0 Å². The number of aromatic nitrogens is 1. The van der Waals surface area contributed by atoms with Gasteiger partial charge in [0, 0.05) is 25.3 Å². The molecule has 8 nitrogen and oxygen atoms in total. The van der Waals surface area contributed by atoms with Crippen LogP contribution in [-0.2, 0) is 0 Å². The van der Waals surface area contributed by atoms with Crippen molar-refractivity contribution >= 4 is 33.3 Å². The maximum absolute atomic E-state index is 15.4. The molecule has 3 N–H and O–H groups in total. The maximum Gasteiger partial charge on any atom is 0.256 e. The second-order valence-corrected chi connectivity index (χ2v) is 10.5. The zero-order valence-corrected chi connectivity index (χ0v) is 22.0. The number of aliphatic hydroxyl groups is 1. The van der Waals surface area contributed by atoms with Gasteiger partial charge in [0.2, 0.25) is 5.43 Å². The number of nitrogens with one attached hydrogen (secondary N) is 2. The molecule has 4 aromatic rings. The van der Waals surface area contributed by atoms with E-state index in [2.05, 4.69) is 22.6 Å². The first-order chi connectivity index (χ1) is 18.8. The monoisotopic (exact) mass is 530 g/mol. The van der Waals surface area contributed by atoms with Crippen molar-refractivity contribution in [1.82, 2.24) is 14.8 Å². The van der Waals surface area contributed by atoms with Gasteiger partial charge in [0.1, 0.15) is 16.8 Å². The molecule has 2 aliphatic heterocycles. The van der Waals surface area contributed by atoms with E-state index < -0.39 is 23.3 Å². The number of aliphatic hydroxyl groups excluding tert-OH is 1. The highest BCUT2D eigenvalue weighted by Crippen LogP contribution is 2.46. The van der Waals surface area contributed by atoms with Crippen LogP contribution in [0.4, 0.5) is 10.1 Å². The van der Waals surface area contributed by atoms with Crippen LogP contribution in [0.2, 0.25) is 0 Å². The fourth-order valence-corrected chi connectivity index (χ4v) is 5.67. The van der Waals surface area contributed by atoms with Crippen molar-refractivity contribution in [1.29, 1.82) is 0 Å². The number of nitrogens with zero attached hydrogens (tertiary/aromatic N) is 2. The quantitative estimate of drug-likeness (QED) is 0.289. The van der Waals surface area contributed by atoms with Crippen LogP contribution in [-0.4, -0.2) is 59.3 Å². The number of likely N-dealkylation sites (tertiary alicyclic amines) is 1. The summed E-state index contributed by atoms with van der Waals surface area (Å²) in [7, 11) is 2.08. The molecule has 0 saturated carbocycles. The van der Waals surface area contributed by atoms with E-state index in [4.69, 9.17) is 4.74 Å². The number of ether oxygens (including phenoxy) is 1. The molecule has 0 spiro atoms. The van der Waals surface area contributed by atoms with E-state index in [-0.39, 0.29) is 28.9 Å². The summed E-state index contributed by atoms with van der Waals surface area (Å²) in [6.45, 7) is 3.17. The third kappa shape index (κ3) is 4.51. The number of fused-ring (bicyclic) bond motifs is 3. The molecule has 39 heavy (non-hydrogen) atoms. The van der Waals surface area contributed by atoms with Crippen molar-refractivity contribution < 1.29 is 19.0 Å². The Morgan fingerprint density at radius 1 is 1.23 bits per heavy atom. The molecule has 3 heterocycles. The van der Waals surface area contributed by atoms with E-state index in [0.717, 1.165) is 42.6 Å². The highest BCUT2D eigenvalue weighted by molar-refractivity contribution is 6.02. The first kappa shape index (κ1) is 25.3. The minimum atomic E-state index is -0.732. The fraction of sp³-hybridized carbons (Fsp3) is 0.333. The number of pyridine rings is 1. The third-order valence-corrected chi connectivity index (χ3v) is 7.75. The number of carbonyl (C=O) groups is 1. The van der Waals surface area contributed by atoms with E-state index in [9.17, 15) is 14.7 Å². The van der Waals surface area contributed by atoms with Gasteiger partial charge in [-0.1, -0.05) is 24.3 Å². The molecule has 1 saturated heterocycles. The Labute approximate surface area is 225 Å². The zero-order chi connectivity index (χ0) is 27.3. The SMILES string of the molecule is C[C@H](O)CNc1c(F)cc2c(=O)c(C(=O)NCCC3CCCN3C)cn3c2c1Oc1cc2ccccc2cc1-3. The number of benzene rings is 3. The van der Waals surface area contributed by atoms with Crippen molar-refractivity contribution in [3.05, 3.63) is 70.3 Å². The van der Waals surface area contributed by atoms with Gasteiger partial charge in [0.25, 0.3) is 5.91 Å². The molecule has 1 amide bonds. The van der Waals surface area contributed by atoms with E-state index in [1.807, 2.05) is 36.4 Å². The lowest BCUT2D eigenvalue weighted by Gasteiger charge is -2.27. The van der Waals surface area contributed by atoms with Gasteiger partial charge in [-0.2, -0.15) is 0 Å². The van der Waals surface area contributed by atoms with Gasteiger partial charge in [-0.05, 0) is 68.8 Å². The average molecular weight is 531 g/mol. The Hall–Kier alpha value is -3.95. The Balaban J connectivity index is 1.48. The van der Waals surface area contributed by atoms with E-state index >= 15 is 4.39 Å². The lowest BCUT2D eigenvalue weighted by molar-refractivity contribution is 0.0949. The van der Waals surface area contributed by atoms with Gasteiger partial charge in [-0.15, -0.1) is 0 Å². The number of carbonyl (C=O) groups excluding carboxylic acids is 1. The molecule has 2 aliphatic rings. The summed E-state index contributed by atoms with van der Waals surface area (Å²) in [5, 5.41) is 17.6. The molecule has 1 aromatic heterocycles. The zero-order valence-electron chi connectivity index (χ0n) is 22.0.